The quantitative estimate of drug-likeness (QED) is 0.705. The minimum absolute atomic E-state index is 0.612. The fourth-order valence-corrected chi connectivity index (χ4v) is 2.64. The van der Waals surface area contributed by atoms with Crippen molar-refractivity contribution in [1.29, 1.82) is 0 Å². The van der Waals surface area contributed by atoms with Crippen molar-refractivity contribution >= 4 is 0 Å². The second-order valence-electron chi connectivity index (χ2n) is 5.29. The van der Waals surface area contributed by atoms with E-state index >= 15 is 0 Å². The summed E-state index contributed by atoms with van der Waals surface area (Å²) in [5.41, 5.74) is 1.44. The summed E-state index contributed by atoms with van der Waals surface area (Å²) >= 11 is 0. The maximum absolute atomic E-state index is 2.60. The van der Waals surface area contributed by atoms with E-state index in [9.17, 15) is 0 Å². The van der Waals surface area contributed by atoms with Gasteiger partial charge in [0.05, 0.1) is 0 Å². The zero-order valence-corrected chi connectivity index (χ0v) is 11.5. The van der Waals surface area contributed by atoms with Crippen LogP contribution in [0.5, 0.6) is 0 Å². The second kappa shape index (κ2) is 7.38. The van der Waals surface area contributed by atoms with E-state index in [1.54, 1.807) is 0 Å². The third-order valence-corrected chi connectivity index (χ3v) is 3.82. The van der Waals surface area contributed by atoms with Gasteiger partial charge in [0.1, 0.15) is 0 Å². The van der Waals surface area contributed by atoms with E-state index in [-0.39, 0.29) is 0 Å². The Balaban J connectivity index is 1.70. The normalized spacial score (nSPS) is 19.2. The van der Waals surface area contributed by atoms with E-state index in [2.05, 4.69) is 54.3 Å². The highest BCUT2D eigenvalue weighted by atomic mass is 15.1. The van der Waals surface area contributed by atoms with Crippen LogP contribution in [0.15, 0.2) is 42.5 Å². The minimum Gasteiger partial charge on any atom is -0.297 e. The van der Waals surface area contributed by atoms with Gasteiger partial charge in [0.25, 0.3) is 0 Å². The molecule has 1 aliphatic rings. The highest BCUT2D eigenvalue weighted by molar-refractivity contribution is 5.15. The number of allylic oxidation sites excluding steroid dienone is 1. The second-order valence-corrected chi connectivity index (χ2v) is 5.29. The van der Waals surface area contributed by atoms with Gasteiger partial charge in [-0.15, -0.1) is 0 Å². The van der Waals surface area contributed by atoms with Gasteiger partial charge in [0.15, 0.2) is 0 Å². The first-order chi connectivity index (χ1) is 8.86. The average Bonchev–Trinajstić information content (AvgIpc) is 2.45. The molecule has 1 unspecified atom stereocenters. The molecule has 18 heavy (non-hydrogen) atoms. The lowest BCUT2D eigenvalue weighted by molar-refractivity contribution is 0.201. The predicted molar refractivity (Wildman–Crippen MR) is 78.8 cm³/mol. The Kier molecular flexibility index (Phi) is 5.47. The first-order valence-corrected chi connectivity index (χ1v) is 7.31. The third-order valence-electron chi connectivity index (χ3n) is 3.82. The lowest BCUT2D eigenvalue weighted by atomic mass is 10.1. The molecular formula is C17H25N. The Morgan fingerprint density at radius 1 is 1.11 bits per heavy atom. The molecule has 1 aromatic carbocycles. The Hall–Kier alpha value is -1.08. The number of hydrogen-bond donors (Lipinski definition) is 0. The SMILES string of the molecule is CC(/C=C/CCc1ccccc1)N1CCCCC1. The van der Waals surface area contributed by atoms with Crippen LogP contribution >= 0.6 is 0 Å². The van der Waals surface area contributed by atoms with Gasteiger partial charge in [-0.05, 0) is 51.3 Å². The van der Waals surface area contributed by atoms with Crippen LogP contribution in [0, 0.1) is 0 Å². The van der Waals surface area contributed by atoms with E-state index in [0.29, 0.717) is 6.04 Å². The summed E-state index contributed by atoms with van der Waals surface area (Å²) in [6.07, 6.45) is 11.2. The van der Waals surface area contributed by atoms with E-state index in [0.717, 1.165) is 12.8 Å². The number of nitrogens with zero attached hydrogens (tertiary/aromatic N) is 1. The monoisotopic (exact) mass is 243 g/mol. The van der Waals surface area contributed by atoms with Crippen LogP contribution in [-0.4, -0.2) is 24.0 Å². The van der Waals surface area contributed by atoms with Crippen LogP contribution in [0.2, 0.25) is 0 Å². The molecule has 1 aromatic rings. The summed E-state index contributed by atoms with van der Waals surface area (Å²) in [5, 5.41) is 0. The molecule has 0 amide bonds. The molecule has 0 aromatic heterocycles. The van der Waals surface area contributed by atoms with Crippen LogP contribution in [0.1, 0.15) is 38.2 Å². The first kappa shape index (κ1) is 13.4. The molecule has 0 bridgehead atoms. The van der Waals surface area contributed by atoms with Gasteiger partial charge in [-0.2, -0.15) is 0 Å². The highest BCUT2D eigenvalue weighted by Gasteiger charge is 2.13. The summed E-state index contributed by atoms with van der Waals surface area (Å²) in [4.78, 5) is 2.60. The molecule has 1 saturated heterocycles. The van der Waals surface area contributed by atoms with E-state index in [1.165, 1.54) is 37.9 Å². The lowest BCUT2D eigenvalue weighted by Crippen LogP contribution is -2.36. The minimum atomic E-state index is 0.612. The molecular weight excluding hydrogens is 218 g/mol. The molecule has 1 heterocycles. The van der Waals surface area contributed by atoms with Crippen molar-refractivity contribution < 1.29 is 0 Å². The zero-order valence-electron chi connectivity index (χ0n) is 11.5. The van der Waals surface area contributed by atoms with E-state index in [1.807, 2.05) is 0 Å². The smallest absolute Gasteiger partial charge is 0.0249 e. The summed E-state index contributed by atoms with van der Waals surface area (Å²) in [5.74, 6) is 0. The Morgan fingerprint density at radius 3 is 2.56 bits per heavy atom. The lowest BCUT2D eigenvalue weighted by Gasteiger charge is -2.30. The van der Waals surface area contributed by atoms with Crippen molar-refractivity contribution in [3.8, 4) is 0 Å². The van der Waals surface area contributed by atoms with Gasteiger partial charge in [-0.25, -0.2) is 0 Å². The van der Waals surface area contributed by atoms with Crippen molar-refractivity contribution in [2.75, 3.05) is 13.1 Å². The molecule has 0 aliphatic carbocycles. The van der Waals surface area contributed by atoms with Crippen molar-refractivity contribution in [3.63, 3.8) is 0 Å². The summed E-state index contributed by atoms with van der Waals surface area (Å²) in [6, 6.07) is 11.4. The molecule has 0 saturated carbocycles. The number of piperidine rings is 1. The molecule has 0 spiro atoms. The average molecular weight is 243 g/mol. The number of hydrogen-bond acceptors (Lipinski definition) is 1. The van der Waals surface area contributed by atoms with Gasteiger partial charge in [-0.3, -0.25) is 4.90 Å². The zero-order chi connectivity index (χ0) is 12.6. The first-order valence-electron chi connectivity index (χ1n) is 7.31. The van der Waals surface area contributed by atoms with Gasteiger partial charge >= 0.3 is 0 Å². The van der Waals surface area contributed by atoms with Crippen molar-refractivity contribution in [3.05, 3.63) is 48.0 Å². The Morgan fingerprint density at radius 2 is 1.83 bits per heavy atom. The summed E-state index contributed by atoms with van der Waals surface area (Å²) < 4.78 is 0. The van der Waals surface area contributed by atoms with Gasteiger partial charge in [0, 0.05) is 6.04 Å². The van der Waals surface area contributed by atoms with E-state index < -0.39 is 0 Å². The van der Waals surface area contributed by atoms with Gasteiger partial charge in [-0.1, -0.05) is 48.9 Å². The number of likely N-dealkylation sites (tertiary alicyclic amines) is 1. The van der Waals surface area contributed by atoms with Crippen LogP contribution in [0.3, 0.4) is 0 Å². The topological polar surface area (TPSA) is 3.24 Å². The Bertz CT molecular complexity index is 349. The molecule has 1 nitrogen and oxygen atoms in total. The van der Waals surface area contributed by atoms with Crippen molar-refractivity contribution in [1.82, 2.24) is 4.90 Å². The fraction of sp³-hybridized carbons (Fsp3) is 0.529. The molecule has 1 atom stereocenters. The predicted octanol–water partition coefficient (Wildman–Crippen LogP) is 4.05. The molecule has 1 heteroatoms. The molecule has 98 valence electrons. The maximum atomic E-state index is 2.60. The summed E-state index contributed by atoms with van der Waals surface area (Å²) in [7, 11) is 0. The maximum Gasteiger partial charge on any atom is 0.0249 e. The van der Waals surface area contributed by atoms with Crippen LogP contribution in [0.4, 0.5) is 0 Å². The highest BCUT2D eigenvalue weighted by Crippen LogP contribution is 2.13. The molecule has 0 N–H and O–H groups in total. The Labute approximate surface area is 112 Å². The van der Waals surface area contributed by atoms with Crippen LogP contribution < -0.4 is 0 Å². The van der Waals surface area contributed by atoms with Crippen molar-refractivity contribution in [2.45, 2.75) is 45.1 Å². The van der Waals surface area contributed by atoms with Crippen molar-refractivity contribution in [2.24, 2.45) is 0 Å². The third kappa shape index (κ3) is 4.30. The van der Waals surface area contributed by atoms with Crippen LogP contribution in [0.25, 0.3) is 0 Å². The molecule has 1 aliphatic heterocycles. The number of rotatable bonds is 5. The molecule has 2 rings (SSSR count). The van der Waals surface area contributed by atoms with Crippen LogP contribution in [-0.2, 0) is 6.42 Å². The fourth-order valence-electron chi connectivity index (χ4n) is 2.64. The molecule has 1 fully saturated rings. The van der Waals surface area contributed by atoms with Gasteiger partial charge < -0.3 is 0 Å². The van der Waals surface area contributed by atoms with E-state index in [4.69, 9.17) is 0 Å². The number of benzene rings is 1. The molecule has 0 radical (unpaired) electrons. The number of aryl methyl sites for hydroxylation is 1. The largest absolute Gasteiger partial charge is 0.297 e. The van der Waals surface area contributed by atoms with Gasteiger partial charge in [0.2, 0.25) is 0 Å². The standard InChI is InChI=1S/C17H25N/c1-16(18-14-8-3-9-15-18)10-6-7-13-17-11-4-2-5-12-17/h2,4-6,10-12,16H,3,7-9,13-15H2,1H3/b10-6+. The summed E-state index contributed by atoms with van der Waals surface area (Å²) in [6.45, 7) is 4.89.